The van der Waals surface area contributed by atoms with E-state index in [1.165, 1.54) is 11.8 Å². The third-order valence-corrected chi connectivity index (χ3v) is 3.03. The number of hydrogen-bond donors (Lipinski definition) is 2. The first-order valence-corrected chi connectivity index (χ1v) is 6.51. The third-order valence-electron chi connectivity index (χ3n) is 2.09. The number of nitrogens with two attached hydrogens (primary N) is 1. The van der Waals surface area contributed by atoms with Gasteiger partial charge in [-0.1, -0.05) is 11.8 Å². The predicted molar refractivity (Wildman–Crippen MR) is 67.0 cm³/mol. The van der Waals surface area contributed by atoms with Gasteiger partial charge < -0.3 is 20.2 Å². The lowest BCUT2D eigenvalue weighted by Gasteiger charge is -2.09. The van der Waals surface area contributed by atoms with Crippen molar-refractivity contribution in [3.05, 3.63) is 5.89 Å². The number of nitrogens with zero attached hydrogens (tertiary/aromatic N) is 2. The van der Waals surface area contributed by atoms with E-state index >= 15 is 0 Å². The number of hydrogen-bond acceptors (Lipinski definition) is 7. The second-order valence-electron chi connectivity index (χ2n) is 3.56. The number of thioether (sulfide) groups is 1. The zero-order valence-electron chi connectivity index (χ0n) is 10.5. The van der Waals surface area contributed by atoms with Gasteiger partial charge in [0.05, 0.1) is 11.8 Å². The Hall–Kier alpha value is -1.12. The zero-order chi connectivity index (χ0) is 13.4. The van der Waals surface area contributed by atoms with Crippen molar-refractivity contribution in [3.8, 4) is 0 Å². The van der Waals surface area contributed by atoms with Crippen LogP contribution in [-0.2, 0) is 16.1 Å². The molecule has 1 aromatic rings. The van der Waals surface area contributed by atoms with E-state index in [1.807, 2.05) is 0 Å². The Labute approximate surface area is 110 Å². The van der Waals surface area contributed by atoms with Crippen LogP contribution in [0.2, 0.25) is 0 Å². The maximum atomic E-state index is 11.7. The molecule has 1 aromatic heterocycles. The molecule has 7 nitrogen and oxygen atoms in total. The molecule has 0 bridgehead atoms. The van der Waals surface area contributed by atoms with Gasteiger partial charge in [0.15, 0.2) is 0 Å². The van der Waals surface area contributed by atoms with Gasteiger partial charge in [-0.3, -0.25) is 4.79 Å². The number of rotatable bonds is 8. The van der Waals surface area contributed by atoms with Crippen LogP contribution in [0.15, 0.2) is 9.64 Å². The molecule has 8 heteroatoms. The average molecular weight is 274 g/mol. The van der Waals surface area contributed by atoms with Crippen LogP contribution < -0.4 is 11.1 Å². The number of carbonyl (C=O) groups is 1. The minimum absolute atomic E-state index is 0.0661. The van der Waals surface area contributed by atoms with Gasteiger partial charge in [-0.2, -0.15) is 0 Å². The van der Waals surface area contributed by atoms with Gasteiger partial charge in [-0.25, -0.2) is 0 Å². The van der Waals surface area contributed by atoms with Crippen LogP contribution in [0.25, 0.3) is 0 Å². The Morgan fingerprint density at radius 3 is 3.00 bits per heavy atom. The number of carbonyl (C=O) groups excluding carboxylic acids is 1. The molecule has 3 N–H and O–H groups in total. The fraction of sp³-hybridized carbons (Fsp3) is 0.700. The minimum Gasteiger partial charge on any atom is -0.415 e. The van der Waals surface area contributed by atoms with Crippen LogP contribution in [0.4, 0.5) is 0 Å². The standard InChI is InChI=1S/C10H18N4O3S/c1-7(9(15)12-4-3-5-16-2)18-10-14-13-8(6-11)17-10/h7H,3-6,11H2,1-2H3,(H,12,15). The Morgan fingerprint density at radius 2 is 2.39 bits per heavy atom. The van der Waals surface area contributed by atoms with Crippen LogP contribution in [0, 0.1) is 0 Å². The summed E-state index contributed by atoms with van der Waals surface area (Å²) < 4.78 is 10.1. The van der Waals surface area contributed by atoms with Crippen molar-refractivity contribution in [2.45, 2.75) is 30.4 Å². The summed E-state index contributed by atoms with van der Waals surface area (Å²) in [6.45, 7) is 3.20. The van der Waals surface area contributed by atoms with Crippen molar-refractivity contribution in [2.75, 3.05) is 20.3 Å². The summed E-state index contributed by atoms with van der Waals surface area (Å²) in [5.41, 5.74) is 5.35. The molecule has 0 aliphatic carbocycles. The maximum Gasteiger partial charge on any atom is 0.277 e. The molecular formula is C10H18N4O3S. The Kier molecular flexibility index (Phi) is 6.69. The van der Waals surface area contributed by atoms with E-state index in [1.54, 1.807) is 14.0 Å². The van der Waals surface area contributed by atoms with Gasteiger partial charge in [0.1, 0.15) is 0 Å². The minimum atomic E-state index is -0.293. The summed E-state index contributed by atoms with van der Waals surface area (Å²) >= 11 is 1.21. The molecule has 1 rings (SSSR count). The van der Waals surface area contributed by atoms with Crippen molar-refractivity contribution in [3.63, 3.8) is 0 Å². The molecule has 1 heterocycles. The second kappa shape index (κ2) is 8.06. The number of nitrogens with one attached hydrogen (secondary N) is 1. The quantitative estimate of drug-likeness (QED) is 0.514. The second-order valence-corrected chi connectivity index (χ2v) is 4.86. The Bertz CT molecular complexity index is 372. The molecule has 0 aliphatic rings. The van der Waals surface area contributed by atoms with E-state index in [9.17, 15) is 4.79 Å². The summed E-state index contributed by atoms with van der Waals surface area (Å²) in [6, 6.07) is 0. The molecule has 0 saturated carbocycles. The lowest BCUT2D eigenvalue weighted by molar-refractivity contribution is -0.120. The van der Waals surface area contributed by atoms with E-state index in [2.05, 4.69) is 15.5 Å². The Balaban J connectivity index is 2.30. The molecule has 102 valence electrons. The summed E-state index contributed by atoms with van der Waals surface area (Å²) in [5, 5.41) is 10.4. The molecule has 0 radical (unpaired) electrons. The molecule has 1 amide bonds. The van der Waals surface area contributed by atoms with Gasteiger partial charge >= 0.3 is 0 Å². The highest BCUT2D eigenvalue weighted by molar-refractivity contribution is 8.00. The van der Waals surface area contributed by atoms with E-state index in [-0.39, 0.29) is 17.7 Å². The third kappa shape index (κ3) is 5.03. The van der Waals surface area contributed by atoms with Crippen molar-refractivity contribution < 1.29 is 13.9 Å². The topological polar surface area (TPSA) is 103 Å². The van der Waals surface area contributed by atoms with E-state index < -0.39 is 0 Å². The number of amides is 1. The molecule has 0 aromatic carbocycles. The fourth-order valence-corrected chi connectivity index (χ4v) is 1.87. The Morgan fingerprint density at radius 1 is 1.61 bits per heavy atom. The van der Waals surface area contributed by atoms with Gasteiger partial charge in [-0.05, 0) is 13.3 Å². The smallest absolute Gasteiger partial charge is 0.277 e. The van der Waals surface area contributed by atoms with Crippen molar-refractivity contribution >= 4 is 17.7 Å². The first-order valence-electron chi connectivity index (χ1n) is 5.63. The van der Waals surface area contributed by atoms with E-state index in [0.29, 0.717) is 24.3 Å². The number of aromatic nitrogens is 2. The SMILES string of the molecule is COCCCNC(=O)C(C)Sc1nnc(CN)o1. The first kappa shape index (κ1) is 14.9. The molecule has 0 aliphatic heterocycles. The van der Waals surface area contributed by atoms with E-state index in [0.717, 1.165) is 6.42 Å². The highest BCUT2D eigenvalue weighted by Crippen LogP contribution is 2.21. The summed E-state index contributed by atoms with van der Waals surface area (Å²) in [4.78, 5) is 11.7. The highest BCUT2D eigenvalue weighted by atomic mass is 32.2. The largest absolute Gasteiger partial charge is 0.415 e. The number of ether oxygens (including phenoxy) is 1. The summed E-state index contributed by atoms with van der Waals surface area (Å²) in [7, 11) is 1.63. The molecule has 0 saturated heterocycles. The van der Waals surface area contributed by atoms with Gasteiger partial charge in [-0.15, -0.1) is 10.2 Å². The molecule has 1 atom stereocenters. The van der Waals surface area contributed by atoms with Crippen molar-refractivity contribution in [1.29, 1.82) is 0 Å². The molecule has 1 unspecified atom stereocenters. The first-order chi connectivity index (χ1) is 8.67. The summed E-state index contributed by atoms with van der Waals surface area (Å²) in [5.74, 6) is 0.300. The maximum absolute atomic E-state index is 11.7. The van der Waals surface area contributed by atoms with Crippen LogP contribution in [0.1, 0.15) is 19.2 Å². The predicted octanol–water partition coefficient (Wildman–Crippen LogP) is 0.162. The van der Waals surface area contributed by atoms with Crippen LogP contribution in [0.5, 0.6) is 0 Å². The van der Waals surface area contributed by atoms with Gasteiger partial charge in [0.2, 0.25) is 11.8 Å². The molecular weight excluding hydrogens is 256 g/mol. The van der Waals surface area contributed by atoms with Crippen molar-refractivity contribution in [2.24, 2.45) is 5.73 Å². The summed E-state index contributed by atoms with van der Waals surface area (Å²) in [6.07, 6.45) is 0.789. The normalized spacial score (nSPS) is 12.4. The van der Waals surface area contributed by atoms with E-state index in [4.69, 9.17) is 14.9 Å². The molecule has 18 heavy (non-hydrogen) atoms. The lowest BCUT2D eigenvalue weighted by atomic mass is 10.4. The molecule has 0 spiro atoms. The van der Waals surface area contributed by atoms with Crippen LogP contribution in [0.3, 0.4) is 0 Å². The van der Waals surface area contributed by atoms with Crippen LogP contribution in [-0.4, -0.2) is 41.6 Å². The molecule has 0 fully saturated rings. The van der Waals surface area contributed by atoms with Crippen LogP contribution >= 0.6 is 11.8 Å². The zero-order valence-corrected chi connectivity index (χ0v) is 11.3. The van der Waals surface area contributed by atoms with Crippen molar-refractivity contribution in [1.82, 2.24) is 15.5 Å². The van der Waals surface area contributed by atoms with Gasteiger partial charge in [0, 0.05) is 20.3 Å². The average Bonchev–Trinajstić information content (AvgIpc) is 2.82. The number of methoxy groups -OCH3 is 1. The highest BCUT2D eigenvalue weighted by Gasteiger charge is 2.17. The van der Waals surface area contributed by atoms with Gasteiger partial charge in [0.25, 0.3) is 5.22 Å². The fourth-order valence-electron chi connectivity index (χ4n) is 1.14. The monoisotopic (exact) mass is 274 g/mol. The lowest BCUT2D eigenvalue weighted by Crippen LogP contribution is -2.32.